The van der Waals surface area contributed by atoms with Gasteiger partial charge in [-0.2, -0.15) is 30.2 Å². The van der Waals surface area contributed by atoms with Crippen molar-refractivity contribution in [2.75, 3.05) is 45.1 Å². The molecule has 3 N–H and O–H groups in total. The SMILES string of the molecule is NCc1ccc(S(=O)(=O)C[C@H]2C[C@H](c3ccccc3)CN(S(=O)(=O)N3CCOCC3)C2)s1.O=C(O)C(F)(F)F. The van der Waals surface area contributed by atoms with Crippen LogP contribution in [0.5, 0.6) is 0 Å². The molecule has 2 aromatic rings. The lowest BCUT2D eigenvalue weighted by Crippen LogP contribution is -2.53. The van der Waals surface area contributed by atoms with Crippen LogP contribution in [0.4, 0.5) is 13.2 Å². The third-order valence-electron chi connectivity index (χ3n) is 6.24. The molecule has 2 fully saturated rings. The number of morpholine rings is 1. The first-order valence-corrected chi connectivity index (χ1v) is 15.8. The van der Waals surface area contributed by atoms with Crippen molar-refractivity contribution < 1.29 is 44.6 Å². The number of alkyl halides is 3. The maximum Gasteiger partial charge on any atom is 0.490 e. The number of carbonyl (C=O) groups is 1. The number of nitrogens with zero attached hydrogens (tertiary/aromatic N) is 2. The first-order valence-electron chi connectivity index (χ1n) is 11.9. The van der Waals surface area contributed by atoms with Gasteiger partial charge in [0.2, 0.25) is 0 Å². The van der Waals surface area contributed by atoms with Gasteiger partial charge in [0.25, 0.3) is 10.2 Å². The first kappa shape index (κ1) is 31.4. The highest BCUT2D eigenvalue weighted by atomic mass is 32.2. The lowest BCUT2D eigenvalue weighted by atomic mass is 9.86. The summed E-state index contributed by atoms with van der Waals surface area (Å²) in [5.41, 5.74) is 6.67. The molecular formula is C23H30F3N3O7S3. The fraction of sp³-hybridized carbons (Fsp3) is 0.522. The van der Waals surface area contributed by atoms with Crippen molar-refractivity contribution in [1.82, 2.24) is 8.61 Å². The minimum Gasteiger partial charge on any atom is -0.475 e. The fourth-order valence-electron chi connectivity index (χ4n) is 4.40. The Hall–Kier alpha value is -2.08. The van der Waals surface area contributed by atoms with Crippen LogP contribution in [0, 0.1) is 5.92 Å². The van der Waals surface area contributed by atoms with Crippen LogP contribution in [0.3, 0.4) is 0 Å². The van der Waals surface area contributed by atoms with Gasteiger partial charge in [0, 0.05) is 37.6 Å². The van der Waals surface area contributed by atoms with Crippen molar-refractivity contribution in [3.05, 3.63) is 52.9 Å². The van der Waals surface area contributed by atoms with E-state index < -0.39 is 32.2 Å². The van der Waals surface area contributed by atoms with Crippen molar-refractivity contribution in [1.29, 1.82) is 0 Å². The van der Waals surface area contributed by atoms with E-state index in [1.807, 2.05) is 30.3 Å². The van der Waals surface area contributed by atoms with Gasteiger partial charge in [0.05, 0.1) is 19.0 Å². The van der Waals surface area contributed by atoms with Crippen LogP contribution in [0.1, 0.15) is 22.8 Å². The molecule has 2 aliphatic heterocycles. The second-order valence-corrected chi connectivity index (χ2v) is 14.4. The summed E-state index contributed by atoms with van der Waals surface area (Å²) in [7, 11) is -7.24. The number of benzene rings is 1. The number of halogens is 3. The molecule has 3 heterocycles. The molecule has 1 aromatic carbocycles. The van der Waals surface area contributed by atoms with Gasteiger partial charge in [-0.3, -0.25) is 0 Å². The predicted octanol–water partition coefficient (Wildman–Crippen LogP) is 2.30. The van der Waals surface area contributed by atoms with Crippen molar-refractivity contribution >= 4 is 37.4 Å². The van der Waals surface area contributed by atoms with Gasteiger partial charge in [-0.15, -0.1) is 11.3 Å². The van der Waals surface area contributed by atoms with E-state index in [0.717, 1.165) is 10.4 Å². The lowest BCUT2D eigenvalue weighted by Gasteiger charge is -2.40. The molecule has 0 bridgehead atoms. The van der Waals surface area contributed by atoms with E-state index in [1.165, 1.54) is 19.9 Å². The second-order valence-electron chi connectivity index (χ2n) is 9.05. The summed E-state index contributed by atoms with van der Waals surface area (Å²) in [5, 5.41) is 7.12. The second kappa shape index (κ2) is 13.1. The molecule has 2 atom stereocenters. The topological polar surface area (TPSA) is 147 Å². The number of aliphatic carboxylic acids is 1. The van der Waals surface area contributed by atoms with Gasteiger partial charge in [-0.05, 0) is 36.0 Å². The van der Waals surface area contributed by atoms with E-state index in [4.69, 9.17) is 20.4 Å². The Bertz CT molecular complexity index is 1310. The van der Waals surface area contributed by atoms with Crippen LogP contribution >= 0.6 is 11.3 Å². The highest BCUT2D eigenvalue weighted by molar-refractivity contribution is 7.93. The molecule has 0 amide bonds. The first-order chi connectivity index (χ1) is 18.2. The molecule has 0 spiro atoms. The molecule has 1 aromatic heterocycles. The minimum atomic E-state index is -5.08. The van der Waals surface area contributed by atoms with Gasteiger partial charge in [0.15, 0.2) is 9.84 Å². The average molecular weight is 614 g/mol. The zero-order chi connectivity index (χ0) is 28.8. The number of ether oxygens (including phenoxy) is 1. The summed E-state index contributed by atoms with van der Waals surface area (Å²) in [6.45, 7) is 2.20. The number of carboxylic acid groups (broad SMARTS) is 1. The Morgan fingerprint density at radius 2 is 1.64 bits per heavy atom. The number of rotatable bonds is 7. The van der Waals surface area contributed by atoms with E-state index in [0.29, 0.717) is 50.0 Å². The zero-order valence-electron chi connectivity index (χ0n) is 20.8. The van der Waals surface area contributed by atoms with Crippen LogP contribution in [0.2, 0.25) is 0 Å². The normalized spacial score (nSPS) is 21.6. The number of carboxylic acids is 1. The van der Waals surface area contributed by atoms with E-state index in [1.54, 1.807) is 12.1 Å². The van der Waals surface area contributed by atoms with Crippen LogP contribution in [0.25, 0.3) is 0 Å². The standard InChI is InChI=1S/C21H29N3O5S3.C2HF3O2/c22-13-20-6-7-21(30-20)31(25,26)16-17-12-19(18-4-2-1-3-5-18)15-24(14-17)32(27,28)23-8-10-29-11-9-23;3-2(4,5)1(6)7/h1-7,17,19H,8-16,22H2;(H,6,7)/t17-,19-;/m0./s1. The summed E-state index contributed by atoms with van der Waals surface area (Å²) < 4.78 is 93.2. The Labute approximate surface area is 229 Å². The van der Waals surface area contributed by atoms with Gasteiger partial charge in [-0.25, -0.2) is 13.2 Å². The maximum atomic E-state index is 13.4. The molecule has 0 radical (unpaired) electrons. The molecule has 39 heavy (non-hydrogen) atoms. The summed E-state index contributed by atoms with van der Waals surface area (Å²) in [6, 6.07) is 13.1. The van der Waals surface area contributed by atoms with Crippen molar-refractivity contribution in [3.8, 4) is 0 Å². The molecule has 218 valence electrons. The quantitative estimate of drug-likeness (QED) is 0.484. The van der Waals surface area contributed by atoms with E-state index >= 15 is 0 Å². The van der Waals surface area contributed by atoms with Crippen molar-refractivity contribution in [3.63, 3.8) is 0 Å². The highest BCUT2D eigenvalue weighted by Crippen LogP contribution is 2.35. The molecule has 4 rings (SSSR count). The third kappa shape index (κ3) is 8.45. The maximum absolute atomic E-state index is 13.4. The summed E-state index contributed by atoms with van der Waals surface area (Å²) >= 11 is 1.19. The van der Waals surface area contributed by atoms with Crippen molar-refractivity contribution in [2.45, 2.75) is 29.3 Å². The minimum absolute atomic E-state index is 0.0658. The smallest absolute Gasteiger partial charge is 0.475 e. The molecule has 10 nitrogen and oxygen atoms in total. The average Bonchev–Trinajstić information content (AvgIpc) is 3.40. The predicted molar refractivity (Wildman–Crippen MR) is 138 cm³/mol. The molecule has 0 saturated carbocycles. The van der Waals surface area contributed by atoms with Gasteiger partial charge >= 0.3 is 12.1 Å². The Morgan fingerprint density at radius 3 is 2.18 bits per heavy atom. The summed E-state index contributed by atoms with van der Waals surface area (Å²) in [4.78, 5) is 9.71. The van der Waals surface area contributed by atoms with E-state index in [9.17, 15) is 30.0 Å². The van der Waals surface area contributed by atoms with Crippen LogP contribution < -0.4 is 5.73 Å². The van der Waals surface area contributed by atoms with E-state index in [-0.39, 0.29) is 24.1 Å². The van der Waals surface area contributed by atoms with Crippen LogP contribution in [0.15, 0.2) is 46.7 Å². The number of thiophene rings is 1. The fourth-order valence-corrected chi connectivity index (χ4v) is 9.06. The third-order valence-corrected chi connectivity index (χ3v) is 11.8. The van der Waals surface area contributed by atoms with Crippen molar-refractivity contribution in [2.24, 2.45) is 11.7 Å². The highest BCUT2D eigenvalue weighted by Gasteiger charge is 2.40. The largest absolute Gasteiger partial charge is 0.490 e. The summed E-state index contributed by atoms with van der Waals surface area (Å²) in [5.74, 6) is -3.22. The molecule has 16 heteroatoms. The Morgan fingerprint density at radius 1 is 1.03 bits per heavy atom. The van der Waals surface area contributed by atoms with Gasteiger partial charge in [0.1, 0.15) is 4.21 Å². The van der Waals surface area contributed by atoms with Gasteiger partial charge in [-0.1, -0.05) is 30.3 Å². The Kier molecular flexibility index (Phi) is 10.5. The lowest BCUT2D eigenvalue weighted by molar-refractivity contribution is -0.192. The Balaban J connectivity index is 0.000000532. The number of hydrogen-bond donors (Lipinski definition) is 2. The summed E-state index contributed by atoms with van der Waals surface area (Å²) in [6.07, 6.45) is -4.46. The molecule has 2 aliphatic rings. The monoisotopic (exact) mass is 613 g/mol. The number of hydrogen-bond acceptors (Lipinski definition) is 8. The molecular weight excluding hydrogens is 583 g/mol. The number of nitrogens with two attached hydrogens (primary N) is 1. The van der Waals surface area contributed by atoms with Gasteiger partial charge < -0.3 is 15.6 Å². The number of sulfone groups is 1. The van der Waals surface area contributed by atoms with Crippen LogP contribution in [-0.4, -0.2) is 87.8 Å². The molecule has 0 aliphatic carbocycles. The number of piperidine rings is 1. The van der Waals surface area contributed by atoms with E-state index in [2.05, 4.69) is 0 Å². The zero-order valence-corrected chi connectivity index (χ0v) is 23.2. The molecule has 2 saturated heterocycles. The molecule has 0 unspecified atom stereocenters. The van der Waals surface area contributed by atoms with Crippen LogP contribution in [-0.2, 0) is 36.1 Å².